The molecule has 1 aliphatic rings. The van der Waals surface area contributed by atoms with E-state index in [1.165, 1.54) is 4.88 Å². The average molecular weight is 701 g/mol. The van der Waals surface area contributed by atoms with Crippen LogP contribution in [0.4, 0.5) is 10.7 Å². The smallest absolute Gasteiger partial charge is 0.259 e. The van der Waals surface area contributed by atoms with Crippen molar-refractivity contribution in [2.45, 2.75) is 46.6 Å². The molecule has 0 bridgehead atoms. The SMILES string of the molecule is COc1cc(C=Nc2sc3c(c2C(=O)Nc2ccccc2)CC[C@H](C(C)(C)C)C3)cc(Br)c1OCc1ccc(Cl)cc1Cl. The molecule has 1 aliphatic carbocycles. The highest BCUT2D eigenvalue weighted by molar-refractivity contribution is 9.10. The molecule has 1 amide bonds. The summed E-state index contributed by atoms with van der Waals surface area (Å²) in [6, 6.07) is 18.6. The number of para-hydroxylation sites is 1. The van der Waals surface area contributed by atoms with Crippen molar-refractivity contribution in [2.24, 2.45) is 16.3 Å². The molecule has 43 heavy (non-hydrogen) atoms. The number of halogens is 3. The number of hydrogen-bond acceptors (Lipinski definition) is 5. The molecule has 0 saturated carbocycles. The Balaban J connectivity index is 1.44. The van der Waals surface area contributed by atoms with Crippen LogP contribution in [0.15, 0.2) is 70.1 Å². The molecule has 224 valence electrons. The number of nitrogens with zero attached hydrogens (tertiary/aromatic N) is 1. The molecule has 3 aromatic carbocycles. The monoisotopic (exact) mass is 698 g/mol. The molecular formula is C34H33BrCl2N2O3S. The lowest BCUT2D eigenvalue weighted by molar-refractivity contribution is 0.102. The fraction of sp³-hybridized carbons (Fsp3) is 0.294. The second-order valence-electron chi connectivity index (χ2n) is 11.6. The van der Waals surface area contributed by atoms with E-state index in [0.717, 1.165) is 41.6 Å². The third-order valence-electron chi connectivity index (χ3n) is 7.70. The van der Waals surface area contributed by atoms with E-state index in [9.17, 15) is 4.79 Å². The number of aliphatic imine (C=N–C) groups is 1. The van der Waals surface area contributed by atoms with Gasteiger partial charge in [0.2, 0.25) is 0 Å². The van der Waals surface area contributed by atoms with Gasteiger partial charge in [0.25, 0.3) is 5.91 Å². The molecule has 0 aliphatic heterocycles. The first-order valence-corrected chi connectivity index (χ1v) is 16.4. The highest BCUT2D eigenvalue weighted by Gasteiger charge is 2.33. The van der Waals surface area contributed by atoms with Crippen molar-refractivity contribution in [3.05, 3.63) is 102 Å². The van der Waals surface area contributed by atoms with Gasteiger partial charge in [-0.15, -0.1) is 11.3 Å². The zero-order chi connectivity index (χ0) is 30.7. The Labute approximate surface area is 275 Å². The minimum Gasteiger partial charge on any atom is -0.493 e. The molecule has 1 aromatic heterocycles. The van der Waals surface area contributed by atoms with E-state index in [1.807, 2.05) is 48.5 Å². The third kappa shape index (κ3) is 7.46. The van der Waals surface area contributed by atoms with Gasteiger partial charge >= 0.3 is 0 Å². The van der Waals surface area contributed by atoms with Crippen LogP contribution in [-0.2, 0) is 19.4 Å². The van der Waals surface area contributed by atoms with Gasteiger partial charge in [0.1, 0.15) is 11.6 Å². The van der Waals surface area contributed by atoms with Gasteiger partial charge in [-0.05, 0) is 94.1 Å². The first kappa shape index (κ1) is 31.6. The number of nitrogens with one attached hydrogen (secondary N) is 1. The molecule has 0 radical (unpaired) electrons. The van der Waals surface area contributed by atoms with E-state index in [2.05, 4.69) is 42.0 Å². The van der Waals surface area contributed by atoms with Crippen LogP contribution >= 0.6 is 50.5 Å². The maximum absolute atomic E-state index is 13.6. The van der Waals surface area contributed by atoms with Crippen molar-refractivity contribution in [3.63, 3.8) is 0 Å². The molecular weight excluding hydrogens is 667 g/mol. The number of fused-ring (bicyclic) bond motifs is 1. The summed E-state index contributed by atoms with van der Waals surface area (Å²) in [7, 11) is 1.59. The summed E-state index contributed by atoms with van der Waals surface area (Å²) in [6.07, 6.45) is 4.64. The lowest BCUT2D eigenvalue weighted by Crippen LogP contribution is -2.27. The number of hydrogen-bond donors (Lipinski definition) is 1. The lowest BCUT2D eigenvalue weighted by Gasteiger charge is -2.33. The van der Waals surface area contributed by atoms with Gasteiger partial charge in [0.05, 0.1) is 17.1 Å². The predicted molar refractivity (Wildman–Crippen MR) is 182 cm³/mol. The van der Waals surface area contributed by atoms with Gasteiger partial charge < -0.3 is 14.8 Å². The number of rotatable bonds is 8. The van der Waals surface area contributed by atoms with Crippen LogP contribution < -0.4 is 14.8 Å². The number of ether oxygens (including phenoxy) is 2. The molecule has 5 rings (SSSR count). The number of benzene rings is 3. The summed E-state index contributed by atoms with van der Waals surface area (Å²) in [4.78, 5) is 19.8. The van der Waals surface area contributed by atoms with Crippen LogP contribution in [0.5, 0.6) is 11.5 Å². The Morgan fingerprint density at radius 1 is 1.14 bits per heavy atom. The Hall–Kier alpha value is -2.84. The van der Waals surface area contributed by atoms with Crippen molar-refractivity contribution in [1.82, 2.24) is 0 Å². The van der Waals surface area contributed by atoms with Gasteiger partial charge in [0.15, 0.2) is 11.5 Å². The number of methoxy groups -OCH3 is 1. The summed E-state index contributed by atoms with van der Waals surface area (Å²) in [6.45, 7) is 7.12. The quantitative estimate of drug-likeness (QED) is 0.186. The zero-order valence-electron chi connectivity index (χ0n) is 24.5. The Morgan fingerprint density at radius 3 is 2.60 bits per heavy atom. The van der Waals surface area contributed by atoms with Crippen molar-refractivity contribution >= 4 is 73.3 Å². The number of amides is 1. The molecule has 9 heteroatoms. The number of anilines is 1. The van der Waals surface area contributed by atoms with Gasteiger partial charge in [-0.25, -0.2) is 4.99 Å². The largest absolute Gasteiger partial charge is 0.493 e. The third-order valence-corrected chi connectivity index (χ3v) is 10.0. The first-order chi connectivity index (χ1) is 20.5. The summed E-state index contributed by atoms with van der Waals surface area (Å²) in [5.74, 6) is 1.51. The van der Waals surface area contributed by atoms with E-state index < -0.39 is 0 Å². The Morgan fingerprint density at radius 2 is 1.91 bits per heavy atom. The zero-order valence-corrected chi connectivity index (χ0v) is 28.4. The van der Waals surface area contributed by atoms with Crippen LogP contribution in [0, 0.1) is 11.3 Å². The molecule has 0 unspecified atom stereocenters. The Bertz CT molecular complexity index is 1660. The Kier molecular flexibility index (Phi) is 9.86. The second-order valence-corrected chi connectivity index (χ2v) is 14.4. The van der Waals surface area contributed by atoms with Crippen LogP contribution in [0.2, 0.25) is 10.0 Å². The predicted octanol–water partition coefficient (Wildman–Crippen LogP) is 10.6. The van der Waals surface area contributed by atoms with Crippen molar-refractivity contribution in [1.29, 1.82) is 0 Å². The maximum atomic E-state index is 13.6. The number of thiophene rings is 1. The van der Waals surface area contributed by atoms with E-state index in [0.29, 0.717) is 42.5 Å². The van der Waals surface area contributed by atoms with Gasteiger partial charge in [0, 0.05) is 32.4 Å². The highest BCUT2D eigenvalue weighted by Crippen LogP contribution is 2.45. The average Bonchev–Trinajstić information content (AvgIpc) is 3.34. The van der Waals surface area contributed by atoms with Crippen LogP contribution in [0.3, 0.4) is 0 Å². The maximum Gasteiger partial charge on any atom is 0.259 e. The molecule has 1 heterocycles. The van der Waals surface area contributed by atoms with Crippen molar-refractivity contribution in [2.75, 3.05) is 12.4 Å². The minimum atomic E-state index is -0.131. The molecule has 0 saturated heterocycles. The van der Waals surface area contributed by atoms with E-state index in [4.69, 9.17) is 37.7 Å². The van der Waals surface area contributed by atoms with Gasteiger partial charge in [-0.1, -0.05) is 68.2 Å². The second kappa shape index (κ2) is 13.4. The van der Waals surface area contributed by atoms with Crippen molar-refractivity contribution < 1.29 is 14.3 Å². The molecule has 4 aromatic rings. The summed E-state index contributed by atoms with van der Waals surface area (Å²) in [5, 5.41) is 4.89. The topological polar surface area (TPSA) is 59.9 Å². The minimum absolute atomic E-state index is 0.131. The lowest BCUT2D eigenvalue weighted by atomic mass is 9.72. The van der Waals surface area contributed by atoms with E-state index >= 15 is 0 Å². The van der Waals surface area contributed by atoms with E-state index in [-0.39, 0.29) is 17.9 Å². The molecule has 0 fully saturated rings. The molecule has 1 N–H and O–H groups in total. The summed E-state index contributed by atoms with van der Waals surface area (Å²) >= 11 is 17.6. The number of carbonyl (C=O) groups excluding carboxylic acids is 1. The fourth-order valence-corrected chi connectivity index (χ4v) is 7.53. The van der Waals surface area contributed by atoms with Gasteiger partial charge in [-0.2, -0.15) is 0 Å². The fourth-order valence-electron chi connectivity index (χ4n) is 5.23. The number of carbonyl (C=O) groups is 1. The normalized spacial score (nSPS) is 14.9. The van der Waals surface area contributed by atoms with Crippen molar-refractivity contribution in [3.8, 4) is 11.5 Å². The van der Waals surface area contributed by atoms with Crippen LogP contribution in [-0.4, -0.2) is 19.2 Å². The van der Waals surface area contributed by atoms with Crippen LogP contribution in [0.1, 0.15) is 59.1 Å². The first-order valence-electron chi connectivity index (χ1n) is 14.0. The highest BCUT2D eigenvalue weighted by atomic mass is 79.9. The van der Waals surface area contributed by atoms with Gasteiger partial charge in [-0.3, -0.25) is 4.79 Å². The molecule has 1 atom stereocenters. The summed E-state index contributed by atoms with van der Waals surface area (Å²) < 4.78 is 12.5. The standard InChI is InChI=1S/C34H33BrCl2N2O3S/c1-34(2,3)22-11-13-25-29(16-22)43-33(30(25)32(40)39-24-8-6-5-7-9-24)38-18-20-14-26(35)31(28(15-20)41-4)42-19-21-10-12-23(36)17-27(21)37/h5-10,12,14-15,17-18,22H,11,13,16,19H2,1-4H3,(H,39,40)/t22-/m0/s1. The van der Waals surface area contributed by atoms with E-state index in [1.54, 1.807) is 36.8 Å². The summed E-state index contributed by atoms with van der Waals surface area (Å²) in [5.41, 5.74) is 4.35. The van der Waals surface area contributed by atoms with Crippen LogP contribution in [0.25, 0.3) is 0 Å². The molecule has 0 spiro atoms. The molecule has 5 nitrogen and oxygen atoms in total.